The molecule has 6 heteroatoms. The van der Waals surface area contributed by atoms with Crippen LogP contribution in [0.5, 0.6) is 5.75 Å². The summed E-state index contributed by atoms with van der Waals surface area (Å²) in [5.74, 6) is 7.09. The van der Waals surface area contributed by atoms with E-state index in [1.807, 2.05) is 12.1 Å². The maximum Gasteiger partial charge on any atom is 0.141 e. The molecular formula is C18H28N4O2. The molecule has 0 amide bonds. The van der Waals surface area contributed by atoms with E-state index in [-0.39, 0.29) is 6.61 Å². The maximum absolute atomic E-state index is 9.48. The lowest BCUT2D eigenvalue weighted by Crippen LogP contribution is -2.30. The Morgan fingerprint density at radius 2 is 1.96 bits per heavy atom. The lowest BCUT2D eigenvalue weighted by atomic mass is 9.98. The zero-order valence-corrected chi connectivity index (χ0v) is 14.4. The zero-order valence-electron chi connectivity index (χ0n) is 14.4. The first kappa shape index (κ1) is 17.0. The summed E-state index contributed by atoms with van der Waals surface area (Å²) < 4.78 is 6.25. The Hall–Kier alpha value is -1.79. The molecule has 0 radical (unpaired) electrons. The minimum atomic E-state index is -0.223. The molecule has 6 nitrogen and oxygen atoms in total. The summed E-state index contributed by atoms with van der Waals surface area (Å²) in [7, 11) is 1.65. The number of aromatic nitrogens is 1. The van der Waals surface area contributed by atoms with E-state index in [4.69, 9.17) is 21.3 Å². The molecule has 2 saturated carbocycles. The van der Waals surface area contributed by atoms with E-state index in [2.05, 4.69) is 0 Å². The first-order valence-electron chi connectivity index (χ1n) is 8.86. The zero-order chi connectivity index (χ0) is 17.1. The smallest absolute Gasteiger partial charge is 0.141 e. The predicted molar refractivity (Wildman–Crippen MR) is 93.9 cm³/mol. The van der Waals surface area contributed by atoms with Crippen LogP contribution in [0.4, 0.5) is 0 Å². The summed E-state index contributed by atoms with van der Waals surface area (Å²) in [6.45, 7) is -0.223. The van der Waals surface area contributed by atoms with Crippen LogP contribution in [0, 0.1) is 0 Å². The number of hydrazine groups is 1. The van der Waals surface area contributed by atoms with Gasteiger partial charge in [0.15, 0.2) is 0 Å². The summed E-state index contributed by atoms with van der Waals surface area (Å²) in [6, 6.07) is 3.83. The van der Waals surface area contributed by atoms with Crippen molar-refractivity contribution in [3.05, 3.63) is 29.2 Å². The Balaban J connectivity index is 1.87. The Kier molecular flexibility index (Phi) is 5.26. The van der Waals surface area contributed by atoms with E-state index < -0.39 is 0 Å². The van der Waals surface area contributed by atoms with Crippen molar-refractivity contribution in [3.63, 3.8) is 0 Å². The van der Waals surface area contributed by atoms with Crippen molar-refractivity contribution < 1.29 is 9.84 Å². The quantitative estimate of drug-likeness (QED) is 0.545. The number of likely N-dealkylation sites (N-methyl/N-ethyl adjacent to an activating group) is 1. The number of rotatable bonds is 6. The number of hydrogen-bond acceptors (Lipinski definition) is 6. The van der Waals surface area contributed by atoms with Crippen molar-refractivity contribution in [1.82, 2.24) is 9.99 Å². The van der Waals surface area contributed by atoms with Gasteiger partial charge in [-0.3, -0.25) is 0 Å². The van der Waals surface area contributed by atoms with Gasteiger partial charge >= 0.3 is 0 Å². The maximum atomic E-state index is 9.48. The predicted octanol–water partition coefficient (Wildman–Crippen LogP) is 2.10. The number of aliphatic hydroxyl groups excluding tert-OH is 1. The van der Waals surface area contributed by atoms with Gasteiger partial charge < -0.3 is 20.6 Å². The normalized spacial score (nSPS) is 19.8. The van der Waals surface area contributed by atoms with Gasteiger partial charge in [0.05, 0.1) is 35.5 Å². The second kappa shape index (κ2) is 7.40. The summed E-state index contributed by atoms with van der Waals surface area (Å²) in [6.07, 6.45) is 8.64. The molecular weight excluding hydrogens is 304 g/mol. The average Bonchev–Trinajstić information content (AvgIpc) is 3.41. The lowest BCUT2D eigenvalue weighted by molar-refractivity contribution is 0.153. The summed E-state index contributed by atoms with van der Waals surface area (Å²) >= 11 is 0. The molecule has 2 aliphatic rings. The standard InChI is InChI=1S/C18H28N4O2/c1-22(20)15(11-23)17(19)14-9-10-16(18(21-14)12-7-8-12)24-13-5-3-2-4-6-13/h9-10,12-13,23H,2-8,11,19-20H2,1H3/b17-15-. The number of ether oxygens (including phenoxy) is 1. The Morgan fingerprint density at radius 3 is 2.54 bits per heavy atom. The van der Waals surface area contributed by atoms with Gasteiger partial charge in [0.25, 0.3) is 0 Å². The van der Waals surface area contributed by atoms with E-state index in [0.29, 0.717) is 29.1 Å². The van der Waals surface area contributed by atoms with Crippen LogP contribution in [0.15, 0.2) is 17.8 Å². The molecule has 0 aromatic carbocycles. The van der Waals surface area contributed by atoms with E-state index in [1.54, 1.807) is 7.05 Å². The van der Waals surface area contributed by atoms with Crippen LogP contribution >= 0.6 is 0 Å². The molecule has 2 aliphatic carbocycles. The highest BCUT2D eigenvalue weighted by atomic mass is 16.5. The van der Waals surface area contributed by atoms with Gasteiger partial charge in [-0.15, -0.1) is 0 Å². The van der Waals surface area contributed by atoms with Crippen molar-refractivity contribution in [3.8, 4) is 5.75 Å². The average molecular weight is 332 g/mol. The van der Waals surface area contributed by atoms with Crippen molar-refractivity contribution in [2.75, 3.05) is 13.7 Å². The van der Waals surface area contributed by atoms with Crippen LogP contribution in [-0.2, 0) is 0 Å². The Morgan fingerprint density at radius 1 is 1.25 bits per heavy atom. The van der Waals surface area contributed by atoms with Crippen molar-refractivity contribution in [2.45, 2.75) is 57.0 Å². The van der Waals surface area contributed by atoms with Gasteiger partial charge in [-0.1, -0.05) is 6.42 Å². The van der Waals surface area contributed by atoms with Crippen LogP contribution in [0.1, 0.15) is 62.3 Å². The number of hydrogen-bond donors (Lipinski definition) is 3. The van der Waals surface area contributed by atoms with Crippen molar-refractivity contribution in [2.24, 2.45) is 11.6 Å². The van der Waals surface area contributed by atoms with Gasteiger partial charge in [-0.2, -0.15) is 0 Å². The highest BCUT2D eigenvalue weighted by Crippen LogP contribution is 2.44. The molecule has 2 fully saturated rings. The molecule has 0 unspecified atom stereocenters. The SMILES string of the molecule is CN(N)/C(CO)=C(\N)c1ccc(OC2CCCCC2)c(C2CC2)n1. The van der Waals surface area contributed by atoms with E-state index in [0.717, 1.165) is 37.1 Å². The number of pyridine rings is 1. The van der Waals surface area contributed by atoms with Crippen LogP contribution in [-0.4, -0.2) is 34.9 Å². The molecule has 1 aromatic rings. The minimum Gasteiger partial charge on any atom is -0.489 e. The molecule has 0 aliphatic heterocycles. The van der Waals surface area contributed by atoms with Gasteiger partial charge in [-0.25, -0.2) is 10.8 Å². The third kappa shape index (κ3) is 3.82. The molecule has 0 bridgehead atoms. The third-order valence-electron chi connectivity index (χ3n) is 4.86. The molecule has 0 spiro atoms. The van der Waals surface area contributed by atoms with Crippen molar-refractivity contribution in [1.29, 1.82) is 0 Å². The fraction of sp³-hybridized carbons (Fsp3) is 0.611. The van der Waals surface area contributed by atoms with Gasteiger partial charge in [0, 0.05) is 13.0 Å². The third-order valence-corrected chi connectivity index (χ3v) is 4.86. The fourth-order valence-corrected chi connectivity index (χ4v) is 3.26. The van der Waals surface area contributed by atoms with Crippen LogP contribution in [0.3, 0.4) is 0 Å². The first-order valence-corrected chi connectivity index (χ1v) is 8.86. The van der Waals surface area contributed by atoms with Crippen LogP contribution in [0.25, 0.3) is 5.70 Å². The van der Waals surface area contributed by atoms with E-state index >= 15 is 0 Å². The minimum absolute atomic E-state index is 0.223. The van der Waals surface area contributed by atoms with Crippen LogP contribution in [0.2, 0.25) is 0 Å². The van der Waals surface area contributed by atoms with E-state index in [9.17, 15) is 5.11 Å². The van der Waals surface area contributed by atoms with Crippen LogP contribution < -0.4 is 16.3 Å². The monoisotopic (exact) mass is 332 g/mol. The molecule has 1 aromatic heterocycles. The van der Waals surface area contributed by atoms with Gasteiger partial charge in [-0.05, 0) is 50.7 Å². The largest absolute Gasteiger partial charge is 0.489 e. The topological polar surface area (TPSA) is 97.6 Å². The second-order valence-electron chi connectivity index (χ2n) is 6.86. The second-order valence-corrected chi connectivity index (χ2v) is 6.86. The molecule has 5 N–H and O–H groups in total. The van der Waals surface area contributed by atoms with E-state index in [1.165, 1.54) is 24.3 Å². The molecule has 3 rings (SSSR count). The van der Waals surface area contributed by atoms with Gasteiger partial charge in [0.2, 0.25) is 0 Å². The Bertz CT molecular complexity index is 605. The lowest BCUT2D eigenvalue weighted by Gasteiger charge is -2.24. The highest BCUT2D eigenvalue weighted by molar-refractivity contribution is 5.63. The fourth-order valence-electron chi connectivity index (χ4n) is 3.26. The molecule has 0 atom stereocenters. The number of nitrogens with two attached hydrogens (primary N) is 2. The summed E-state index contributed by atoms with van der Waals surface area (Å²) in [5.41, 5.74) is 8.69. The molecule has 24 heavy (non-hydrogen) atoms. The highest BCUT2D eigenvalue weighted by Gasteiger charge is 2.30. The Labute approximate surface area is 143 Å². The number of nitrogens with zero attached hydrogens (tertiary/aromatic N) is 2. The molecule has 1 heterocycles. The summed E-state index contributed by atoms with van der Waals surface area (Å²) in [4.78, 5) is 4.75. The van der Waals surface area contributed by atoms with Crippen molar-refractivity contribution >= 4 is 5.70 Å². The number of aliphatic hydroxyl groups is 1. The summed E-state index contributed by atoms with van der Waals surface area (Å²) in [5, 5.41) is 10.8. The molecule has 0 saturated heterocycles. The van der Waals surface area contributed by atoms with Gasteiger partial charge in [0.1, 0.15) is 5.75 Å². The first-order chi connectivity index (χ1) is 11.6. The molecule has 132 valence electrons.